The molecule has 0 aliphatic carbocycles. The fraction of sp³-hybridized carbons (Fsp3) is 0.208. The summed E-state index contributed by atoms with van der Waals surface area (Å²) in [6.07, 6.45) is 0. The second-order valence-corrected chi connectivity index (χ2v) is 7.31. The zero-order valence-corrected chi connectivity index (χ0v) is 16.9. The van der Waals surface area contributed by atoms with Gasteiger partial charge in [-0.2, -0.15) is 0 Å². The van der Waals surface area contributed by atoms with Gasteiger partial charge < -0.3 is 10.6 Å². The lowest BCUT2D eigenvalue weighted by atomic mass is 10.0. The van der Waals surface area contributed by atoms with Crippen molar-refractivity contribution in [2.45, 2.75) is 33.2 Å². The first-order valence-electron chi connectivity index (χ1n) is 9.64. The van der Waals surface area contributed by atoms with Crippen LogP contribution in [0, 0.1) is 6.92 Å². The summed E-state index contributed by atoms with van der Waals surface area (Å²) in [5, 5.41) is 5.66. The Hall–Kier alpha value is -3.47. The highest BCUT2D eigenvalue weighted by molar-refractivity contribution is 6.03. The molecule has 5 nitrogen and oxygen atoms in total. The summed E-state index contributed by atoms with van der Waals surface area (Å²) >= 11 is 0. The third kappa shape index (κ3) is 5.51. The highest BCUT2D eigenvalue weighted by atomic mass is 16.2. The van der Waals surface area contributed by atoms with Crippen LogP contribution in [0.1, 0.15) is 57.4 Å². The fourth-order valence-corrected chi connectivity index (χ4v) is 2.93. The Morgan fingerprint density at radius 1 is 0.897 bits per heavy atom. The van der Waals surface area contributed by atoms with Crippen molar-refractivity contribution in [1.82, 2.24) is 10.3 Å². The van der Waals surface area contributed by atoms with Gasteiger partial charge in [-0.3, -0.25) is 9.59 Å². The summed E-state index contributed by atoms with van der Waals surface area (Å²) in [7, 11) is 0. The molecule has 0 bridgehead atoms. The van der Waals surface area contributed by atoms with Gasteiger partial charge in [0, 0.05) is 12.2 Å². The number of aromatic nitrogens is 1. The van der Waals surface area contributed by atoms with Crippen LogP contribution in [0.25, 0.3) is 0 Å². The molecule has 0 saturated carbocycles. The first kappa shape index (κ1) is 20.3. The molecular weight excluding hydrogens is 362 g/mol. The first-order valence-corrected chi connectivity index (χ1v) is 9.64. The molecule has 0 spiro atoms. The van der Waals surface area contributed by atoms with Crippen molar-refractivity contribution in [3.05, 3.63) is 94.8 Å². The number of rotatable bonds is 6. The highest BCUT2D eigenvalue weighted by Gasteiger charge is 2.13. The zero-order chi connectivity index (χ0) is 20.8. The number of pyridine rings is 1. The van der Waals surface area contributed by atoms with Crippen LogP contribution >= 0.6 is 0 Å². The second kappa shape index (κ2) is 9.15. The lowest BCUT2D eigenvalue weighted by Gasteiger charge is -2.09. The summed E-state index contributed by atoms with van der Waals surface area (Å²) in [5.74, 6) is -0.241. The van der Waals surface area contributed by atoms with E-state index >= 15 is 0 Å². The van der Waals surface area contributed by atoms with Gasteiger partial charge in [0.15, 0.2) is 0 Å². The molecule has 2 amide bonds. The van der Waals surface area contributed by atoms with Crippen molar-refractivity contribution in [3.63, 3.8) is 0 Å². The van der Waals surface area contributed by atoms with Crippen LogP contribution in [-0.2, 0) is 6.54 Å². The Morgan fingerprint density at radius 2 is 1.55 bits per heavy atom. The van der Waals surface area contributed by atoms with Gasteiger partial charge in [0.25, 0.3) is 11.8 Å². The summed E-state index contributed by atoms with van der Waals surface area (Å²) in [4.78, 5) is 29.2. The standard InChI is InChI=1S/C24H25N3O2/c1-16(2)19-10-12-20(13-11-19)26-24(29)22-9-5-8-21(27-22)23(28)25-15-18-7-4-6-17(3)14-18/h4-14,16H,15H2,1-3H3,(H,25,28)(H,26,29). The van der Waals surface area contributed by atoms with E-state index in [0.29, 0.717) is 18.2 Å². The van der Waals surface area contributed by atoms with E-state index in [2.05, 4.69) is 29.5 Å². The Balaban J connectivity index is 1.64. The summed E-state index contributed by atoms with van der Waals surface area (Å²) in [6.45, 7) is 6.65. The number of carbonyl (C=O) groups excluding carboxylic acids is 2. The smallest absolute Gasteiger partial charge is 0.274 e. The average molecular weight is 387 g/mol. The maximum absolute atomic E-state index is 12.5. The van der Waals surface area contributed by atoms with E-state index in [-0.39, 0.29) is 23.2 Å². The number of hydrogen-bond donors (Lipinski definition) is 2. The molecule has 1 heterocycles. The summed E-state index contributed by atoms with van der Waals surface area (Å²) in [6, 6.07) is 20.5. The SMILES string of the molecule is Cc1cccc(CNC(=O)c2cccc(C(=O)Nc3ccc(C(C)C)cc3)n2)c1. The van der Waals surface area contributed by atoms with E-state index in [4.69, 9.17) is 0 Å². The molecule has 0 radical (unpaired) electrons. The third-order valence-electron chi connectivity index (χ3n) is 4.59. The topological polar surface area (TPSA) is 71.1 Å². The van der Waals surface area contributed by atoms with Crippen LogP contribution in [-0.4, -0.2) is 16.8 Å². The predicted octanol–water partition coefficient (Wildman–Crippen LogP) is 4.70. The van der Waals surface area contributed by atoms with E-state index in [1.54, 1.807) is 18.2 Å². The molecule has 2 aromatic carbocycles. The Morgan fingerprint density at radius 3 is 2.21 bits per heavy atom. The number of nitrogens with one attached hydrogen (secondary N) is 2. The van der Waals surface area contributed by atoms with Crippen molar-refractivity contribution in [3.8, 4) is 0 Å². The van der Waals surface area contributed by atoms with Crippen molar-refractivity contribution in [1.29, 1.82) is 0 Å². The monoisotopic (exact) mass is 387 g/mol. The number of nitrogens with zero attached hydrogens (tertiary/aromatic N) is 1. The summed E-state index contributed by atoms with van der Waals surface area (Å²) < 4.78 is 0. The molecule has 29 heavy (non-hydrogen) atoms. The Labute approximate surface area is 171 Å². The Bertz CT molecular complexity index is 1010. The Kier molecular flexibility index (Phi) is 6.39. The minimum atomic E-state index is -0.351. The van der Waals surface area contributed by atoms with E-state index < -0.39 is 0 Å². The van der Waals surface area contributed by atoms with Gasteiger partial charge in [0.1, 0.15) is 11.4 Å². The van der Waals surface area contributed by atoms with Gasteiger partial charge in [0.2, 0.25) is 0 Å². The highest BCUT2D eigenvalue weighted by Crippen LogP contribution is 2.17. The van der Waals surface area contributed by atoms with E-state index in [9.17, 15) is 9.59 Å². The first-order chi connectivity index (χ1) is 13.9. The maximum Gasteiger partial charge on any atom is 0.274 e. The number of aryl methyl sites for hydroxylation is 1. The molecular formula is C24H25N3O2. The summed E-state index contributed by atoms with van der Waals surface area (Å²) in [5.41, 5.74) is 4.44. The van der Waals surface area contributed by atoms with Crippen molar-refractivity contribution >= 4 is 17.5 Å². The lowest BCUT2D eigenvalue weighted by Crippen LogP contribution is -2.25. The number of hydrogen-bond acceptors (Lipinski definition) is 3. The molecule has 3 aromatic rings. The van der Waals surface area contributed by atoms with Crippen molar-refractivity contribution in [2.75, 3.05) is 5.32 Å². The normalized spacial score (nSPS) is 10.6. The number of carbonyl (C=O) groups is 2. The average Bonchev–Trinajstić information content (AvgIpc) is 2.72. The second-order valence-electron chi connectivity index (χ2n) is 7.31. The van der Waals surface area contributed by atoms with Gasteiger partial charge in [-0.1, -0.05) is 61.9 Å². The number of benzene rings is 2. The van der Waals surface area contributed by atoms with Gasteiger partial charge in [-0.15, -0.1) is 0 Å². The molecule has 0 fully saturated rings. The molecule has 1 aromatic heterocycles. The third-order valence-corrected chi connectivity index (χ3v) is 4.59. The minimum absolute atomic E-state index is 0.196. The number of amides is 2. The number of anilines is 1. The van der Waals surface area contributed by atoms with Gasteiger partial charge in [-0.05, 0) is 48.2 Å². The largest absolute Gasteiger partial charge is 0.347 e. The fourth-order valence-electron chi connectivity index (χ4n) is 2.93. The molecule has 0 unspecified atom stereocenters. The van der Waals surface area contributed by atoms with Crippen LogP contribution in [0.4, 0.5) is 5.69 Å². The molecule has 5 heteroatoms. The van der Waals surface area contributed by atoms with Gasteiger partial charge >= 0.3 is 0 Å². The molecule has 148 valence electrons. The quantitative estimate of drug-likeness (QED) is 0.644. The van der Waals surface area contributed by atoms with E-state index in [0.717, 1.165) is 11.1 Å². The van der Waals surface area contributed by atoms with Crippen LogP contribution in [0.15, 0.2) is 66.7 Å². The van der Waals surface area contributed by atoms with E-state index in [1.165, 1.54) is 5.56 Å². The molecule has 0 aliphatic rings. The molecule has 0 aliphatic heterocycles. The molecule has 2 N–H and O–H groups in total. The molecule has 3 rings (SSSR count). The van der Waals surface area contributed by atoms with Crippen molar-refractivity contribution in [2.24, 2.45) is 0 Å². The molecule has 0 atom stereocenters. The van der Waals surface area contributed by atoms with Gasteiger partial charge in [0.05, 0.1) is 0 Å². The van der Waals surface area contributed by atoms with Crippen LogP contribution in [0.5, 0.6) is 0 Å². The predicted molar refractivity (Wildman–Crippen MR) is 115 cm³/mol. The van der Waals surface area contributed by atoms with Crippen LogP contribution in [0.3, 0.4) is 0 Å². The van der Waals surface area contributed by atoms with Crippen LogP contribution < -0.4 is 10.6 Å². The zero-order valence-electron chi connectivity index (χ0n) is 16.9. The van der Waals surface area contributed by atoms with Crippen molar-refractivity contribution < 1.29 is 9.59 Å². The maximum atomic E-state index is 12.5. The molecule has 0 saturated heterocycles. The van der Waals surface area contributed by atoms with Gasteiger partial charge in [-0.25, -0.2) is 4.98 Å². The van der Waals surface area contributed by atoms with Crippen LogP contribution in [0.2, 0.25) is 0 Å². The van der Waals surface area contributed by atoms with E-state index in [1.807, 2.05) is 55.5 Å². The lowest BCUT2D eigenvalue weighted by molar-refractivity contribution is 0.0945. The minimum Gasteiger partial charge on any atom is -0.347 e.